The van der Waals surface area contributed by atoms with Gasteiger partial charge in [-0.05, 0) is 37.1 Å². The van der Waals surface area contributed by atoms with Gasteiger partial charge in [0, 0.05) is 25.0 Å². The summed E-state index contributed by atoms with van der Waals surface area (Å²) < 4.78 is 0. The van der Waals surface area contributed by atoms with Crippen LogP contribution in [0.3, 0.4) is 0 Å². The number of nitrogens with one attached hydrogen (secondary N) is 2. The van der Waals surface area contributed by atoms with Gasteiger partial charge in [0.1, 0.15) is 11.7 Å². The lowest BCUT2D eigenvalue weighted by Crippen LogP contribution is -2.25. The summed E-state index contributed by atoms with van der Waals surface area (Å²) in [6.45, 7) is 1.85. The van der Waals surface area contributed by atoms with Crippen LogP contribution in [0.1, 0.15) is 18.4 Å². The molecule has 0 bridgehead atoms. The van der Waals surface area contributed by atoms with E-state index in [4.69, 9.17) is 0 Å². The number of nitrogens with zero attached hydrogens (tertiary/aromatic N) is 2. The van der Waals surface area contributed by atoms with Crippen molar-refractivity contribution in [3.8, 4) is 0 Å². The van der Waals surface area contributed by atoms with Crippen LogP contribution < -0.4 is 10.6 Å². The molecule has 0 spiro atoms. The van der Waals surface area contributed by atoms with Crippen LogP contribution in [0.15, 0.2) is 53.7 Å². The highest BCUT2D eigenvalue weighted by atomic mass is 15.0. The average Bonchev–Trinajstić information content (AvgIpc) is 2.78. The molecule has 3 rings (SSSR count). The van der Waals surface area contributed by atoms with Gasteiger partial charge in [0.15, 0.2) is 0 Å². The van der Waals surface area contributed by atoms with Gasteiger partial charge in [-0.2, -0.15) is 0 Å². The minimum Gasteiger partial charge on any atom is -0.370 e. The third-order valence-electron chi connectivity index (χ3n) is 3.25. The maximum Gasteiger partial charge on any atom is 0.141 e. The van der Waals surface area contributed by atoms with Crippen LogP contribution in [0.2, 0.25) is 0 Å². The molecule has 0 atom stereocenters. The standard InChI is InChI=1S/C16H18N4/c1-2-7-13(8-3-1)20-16-14(9-6-12-19-16)15-17-10-4-5-11-18-15/h1-3,6-9,12H,4-5,10-11H2,(H,17,18)(H,19,20). The number of aromatic nitrogens is 1. The first kappa shape index (κ1) is 12.7. The zero-order chi connectivity index (χ0) is 13.6. The van der Waals surface area contributed by atoms with Gasteiger partial charge in [-0.15, -0.1) is 0 Å². The van der Waals surface area contributed by atoms with Gasteiger partial charge in [-0.25, -0.2) is 4.98 Å². The molecule has 0 fully saturated rings. The summed E-state index contributed by atoms with van der Waals surface area (Å²) in [7, 11) is 0. The Bertz CT molecular complexity index is 592. The maximum absolute atomic E-state index is 4.62. The number of hydrogen-bond donors (Lipinski definition) is 2. The monoisotopic (exact) mass is 266 g/mol. The Kier molecular flexibility index (Phi) is 3.92. The van der Waals surface area contributed by atoms with Crippen LogP contribution in [0.25, 0.3) is 0 Å². The van der Waals surface area contributed by atoms with E-state index in [1.807, 2.05) is 36.4 Å². The van der Waals surface area contributed by atoms with Gasteiger partial charge in [0.05, 0.1) is 5.56 Å². The molecular formula is C16H18N4. The van der Waals surface area contributed by atoms with E-state index in [2.05, 4.69) is 26.7 Å². The van der Waals surface area contributed by atoms with E-state index in [1.165, 1.54) is 0 Å². The van der Waals surface area contributed by atoms with Gasteiger partial charge in [-0.3, -0.25) is 4.99 Å². The summed E-state index contributed by atoms with van der Waals surface area (Å²) in [5.74, 6) is 1.78. The van der Waals surface area contributed by atoms with Gasteiger partial charge in [-0.1, -0.05) is 18.2 Å². The van der Waals surface area contributed by atoms with Crippen molar-refractivity contribution in [2.75, 3.05) is 18.4 Å². The van der Waals surface area contributed by atoms with Gasteiger partial charge in [0.25, 0.3) is 0 Å². The minimum atomic E-state index is 0.840. The van der Waals surface area contributed by atoms with E-state index in [1.54, 1.807) is 6.20 Å². The maximum atomic E-state index is 4.62. The van der Waals surface area contributed by atoms with E-state index in [-0.39, 0.29) is 0 Å². The second kappa shape index (κ2) is 6.19. The summed E-state index contributed by atoms with van der Waals surface area (Å²) in [6.07, 6.45) is 4.10. The van der Waals surface area contributed by atoms with Crippen molar-refractivity contribution in [1.29, 1.82) is 0 Å². The second-order valence-corrected chi connectivity index (χ2v) is 4.75. The van der Waals surface area contributed by atoms with E-state index < -0.39 is 0 Å². The van der Waals surface area contributed by atoms with E-state index >= 15 is 0 Å². The molecule has 4 heteroatoms. The lowest BCUT2D eigenvalue weighted by Gasteiger charge is -2.13. The van der Waals surface area contributed by atoms with Gasteiger partial charge >= 0.3 is 0 Å². The molecule has 2 aromatic rings. The highest BCUT2D eigenvalue weighted by Crippen LogP contribution is 2.18. The van der Waals surface area contributed by atoms with E-state index in [9.17, 15) is 0 Å². The molecule has 1 aliphatic rings. The zero-order valence-electron chi connectivity index (χ0n) is 11.3. The zero-order valence-corrected chi connectivity index (χ0v) is 11.3. The largest absolute Gasteiger partial charge is 0.370 e. The first-order valence-corrected chi connectivity index (χ1v) is 6.99. The molecule has 2 heterocycles. The second-order valence-electron chi connectivity index (χ2n) is 4.75. The Balaban J connectivity index is 1.90. The number of anilines is 2. The summed E-state index contributed by atoms with van der Waals surface area (Å²) >= 11 is 0. The fourth-order valence-corrected chi connectivity index (χ4v) is 2.22. The highest BCUT2D eigenvalue weighted by Gasteiger charge is 2.11. The fraction of sp³-hybridized carbons (Fsp3) is 0.250. The third-order valence-corrected chi connectivity index (χ3v) is 3.25. The van der Waals surface area contributed by atoms with Crippen LogP contribution >= 0.6 is 0 Å². The number of benzene rings is 1. The third kappa shape index (κ3) is 2.96. The summed E-state index contributed by atoms with van der Waals surface area (Å²) in [6, 6.07) is 14.1. The SMILES string of the molecule is c1ccc(Nc2ncccc2C2=NCCCCN2)cc1. The molecule has 20 heavy (non-hydrogen) atoms. The lowest BCUT2D eigenvalue weighted by molar-refractivity contribution is 0.749. The Hall–Kier alpha value is -2.36. The molecule has 0 amide bonds. The quantitative estimate of drug-likeness (QED) is 0.898. The number of hydrogen-bond acceptors (Lipinski definition) is 4. The Labute approximate surface area is 119 Å². The average molecular weight is 266 g/mol. The van der Waals surface area contributed by atoms with Crippen LogP contribution in [-0.4, -0.2) is 23.9 Å². The Morgan fingerprint density at radius 2 is 1.90 bits per heavy atom. The fourth-order valence-electron chi connectivity index (χ4n) is 2.22. The molecule has 0 saturated carbocycles. The van der Waals surface area contributed by atoms with Crippen LogP contribution in [0.4, 0.5) is 11.5 Å². The van der Waals surface area contributed by atoms with Crippen molar-refractivity contribution in [2.45, 2.75) is 12.8 Å². The predicted molar refractivity (Wildman–Crippen MR) is 82.6 cm³/mol. The van der Waals surface area contributed by atoms with E-state index in [0.717, 1.165) is 48.8 Å². The van der Waals surface area contributed by atoms with Crippen molar-refractivity contribution in [3.63, 3.8) is 0 Å². The lowest BCUT2D eigenvalue weighted by atomic mass is 10.2. The molecule has 4 nitrogen and oxygen atoms in total. The molecule has 0 unspecified atom stereocenters. The molecule has 0 radical (unpaired) electrons. The number of aliphatic imine (C=N–C) groups is 1. The summed E-state index contributed by atoms with van der Waals surface area (Å²) in [4.78, 5) is 9.07. The molecule has 1 aromatic carbocycles. The van der Waals surface area contributed by atoms with Gasteiger partial charge < -0.3 is 10.6 Å². The summed E-state index contributed by atoms with van der Waals surface area (Å²) in [5, 5.41) is 6.75. The summed E-state index contributed by atoms with van der Waals surface area (Å²) in [5.41, 5.74) is 2.06. The van der Waals surface area contributed by atoms with Crippen molar-refractivity contribution in [1.82, 2.24) is 10.3 Å². The van der Waals surface area contributed by atoms with Crippen molar-refractivity contribution >= 4 is 17.3 Å². The molecule has 0 aliphatic carbocycles. The van der Waals surface area contributed by atoms with Crippen LogP contribution in [0, 0.1) is 0 Å². The van der Waals surface area contributed by atoms with Crippen LogP contribution in [-0.2, 0) is 0 Å². The molecule has 2 N–H and O–H groups in total. The molecule has 0 saturated heterocycles. The number of para-hydroxylation sites is 1. The number of rotatable bonds is 3. The minimum absolute atomic E-state index is 0.840. The molecular weight excluding hydrogens is 248 g/mol. The number of pyridine rings is 1. The first-order chi connectivity index (χ1) is 9.93. The Morgan fingerprint density at radius 3 is 2.80 bits per heavy atom. The predicted octanol–water partition coefficient (Wildman–Crippen LogP) is 2.96. The highest BCUT2D eigenvalue weighted by molar-refractivity contribution is 6.03. The topological polar surface area (TPSA) is 49.3 Å². The smallest absolute Gasteiger partial charge is 0.141 e. The normalized spacial score (nSPS) is 14.9. The van der Waals surface area contributed by atoms with Crippen LogP contribution in [0.5, 0.6) is 0 Å². The van der Waals surface area contributed by atoms with Crippen molar-refractivity contribution < 1.29 is 0 Å². The van der Waals surface area contributed by atoms with Crippen molar-refractivity contribution in [3.05, 3.63) is 54.2 Å². The van der Waals surface area contributed by atoms with Gasteiger partial charge in [0.2, 0.25) is 0 Å². The first-order valence-electron chi connectivity index (χ1n) is 6.99. The van der Waals surface area contributed by atoms with E-state index in [0.29, 0.717) is 0 Å². The molecule has 102 valence electrons. The molecule has 1 aromatic heterocycles. The Morgan fingerprint density at radius 1 is 1.00 bits per heavy atom. The molecule has 1 aliphatic heterocycles. The van der Waals surface area contributed by atoms with Crippen molar-refractivity contribution in [2.24, 2.45) is 4.99 Å². The number of amidine groups is 1.